The van der Waals surface area contributed by atoms with E-state index in [1.165, 1.54) is 0 Å². The summed E-state index contributed by atoms with van der Waals surface area (Å²) in [6.45, 7) is 4.27. The number of halogens is 3. The average Bonchev–Trinajstić information content (AvgIpc) is 3.45. The van der Waals surface area contributed by atoms with E-state index in [2.05, 4.69) is 20.4 Å². The molecule has 0 saturated carbocycles. The van der Waals surface area contributed by atoms with Crippen molar-refractivity contribution in [2.75, 3.05) is 18.4 Å². The predicted octanol–water partition coefficient (Wildman–Crippen LogP) is 4.40. The maximum atomic E-state index is 13.9. The number of hydrogen-bond donors (Lipinski definition) is 1. The van der Waals surface area contributed by atoms with Crippen molar-refractivity contribution in [1.29, 1.82) is 0 Å². The number of carbonyl (C=O) groups is 1. The van der Waals surface area contributed by atoms with Gasteiger partial charge in [-0.3, -0.25) is 14.3 Å². The summed E-state index contributed by atoms with van der Waals surface area (Å²) in [5, 5.41) is 10.8. The molecule has 0 unspecified atom stereocenters. The maximum absolute atomic E-state index is 13.9. The number of likely N-dealkylation sites (tertiary alicyclic amines) is 1. The summed E-state index contributed by atoms with van der Waals surface area (Å²) >= 11 is 1.15. The molecule has 3 aromatic rings. The molecule has 1 saturated heterocycles. The number of amides is 1. The van der Waals surface area contributed by atoms with Gasteiger partial charge in [-0.25, -0.2) is 13.2 Å². The first kappa shape index (κ1) is 22.3. The van der Waals surface area contributed by atoms with E-state index in [1.807, 2.05) is 34.9 Å². The number of para-hydroxylation sites is 1. The molecule has 1 fully saturated rings. The Labute approximate surface area is 187 Å². The molecule has 1 atom stereocenters. The Hall–Kier alpha value is -2.85. The molecule has 0 aliphatic carbocycles. The lowest BCUT2D eigenvalue weighted by molar-refractivity contribution is -0.115. The number of thioether (sulfide) groups is 1. The van der Waals surface area contributed by atoms with Crippen LogP contribution in [-0.4, -0.2) is 43.9 Å². The lowest BCUT2D eigenvalue weighted by Crippen LogP contribution is -2.24. The third-order valence-corrected chi connectivity index (χ3v) is 6.27. The SMILES string of the molecule is C[C@@H](Sc1nnc(CN2CCCC2)n1-c1ccccc1)C(=O)Nc1ccc(F)c(F)c1F. The zero-order chi connectivity index (χ0) is 22.7. The van der Waals surface area contributed by atoms with Gasteiger partial charge in [-0.05, 0) is 57.1 Å². The molecular weight excluding hydrogens is 439 g/mol. The highest BCUT2D eigenvalue weighted by atomic mass is 32.2. The second kappa shape index (κ2) is 9.74. The maximum Gasteiger partial charge on any atom is 0.237 e. The van der Waals surface area contributed by atoms with E-state index in [1.54, 1.807) is 6.92 Å². The Morgan fingerprint density at radius 3 is 2.50 bits per heavy atom. The van der Waals surface area contributed by atoms with Crippen LogP contribution >= 0.6 is 11.8 Å². The Morgan fingerprint density at radius 2 is 1.78 bits per heavy atom. The molecule has 1 aromatic heterocycles. The predicted molar refractivity (Wildman–Crippen MR) is 116 cm³/mol. The lowest BCUT2D eigenvalue weighted by Gasteiger charge is -2.17. The highest BCUT2D eigenvalue weighted by Crippen LogP contribution is 2.28. The van der Waals surface area contributed by atoms with Crippen LogP contribution in [0.15, 0.2) is 47.6 Å². The topological polar surface area (TPSA) is 63.1 Å². The van der Waals surface area contributed by atoms with Gasteiger partial charge >= 0.3 is 0 Å². The number of rotatable bonds is 7. The summed E-state index contributed by atoms with van der Waals surface area (Å²) in [4.78, 5) is 14.9. The Bertz CT molecular complexity index is 1100. The van der Waals surface area contributed by atoms with E-state index < -0.39 is 34.3 Å². The third kappa shape index (κ3) is 4.81. The fourth-order valence-corrected chi connectivity index (χ4v) is 4.41. The van der Waals surface area contributed by atoms with Crippen LogP contribution in [0.3, 0.4) is 0 Å². The first-order valence-corrected chi connectivity index (χ1v) is 11.1. The van der Waals surface area contributed by atoms with Crippen molar-refractivity contribution in [3.05, 3.63) is 65.7 Å². The van der Waals surface area contributed by atoms with Crippen molar-refractivity contribution >= 4 is 23.4 Å². The number of aromatic nitrogens is 3. The minimum Gasteiger partial charge on any atom is -0.323 e. The van der Waals surface area contributed by atoms with Gasteiger partial charge in [0, 0.05) is 5.69 Å². The average molecular weight is 462 g/mol. The second-order valence-electron chi connectivity index (χ2n) is 7.53. The number of benzene rings is 2. The summed E-state index contributed by atoms with van der Waals surface area (Å²) < 4.78 is 42.4. The molecule has 10 heteroatoms. The largest absolute Gasteiger partial charge is 0.323 e. The molecule has 2 aromatic carbocycles. The van der Waals surface area contributed by atoms with Crippen molar-refractivity contribution in [2.24, 2.45) is 0 Å². The van der Waals surface area contributed by atoms with Gasteiger partial charge < -0.3 is 5.32 Å². The van der Waals surface area contributed by atoms with Gasteiger partial charge in [-0.1, -0.05) is 30.0 Å². The Kier molecular flexibility index (Phi) is 6.80. The molecule has 0 bridgehead atoms. The third-order valence-electron chi connectivity index (χ3n) is 5.22. The van der Waals surface area contributed by atoms with Crippen LogP contribution in [0.1, 0.15) is 25.6 Å². The van der Waals surface area contributed by atoms with Crippen molar-refractivity contribution in [3.8, 4) is 5.69 Å². The first-order valence-electron chi connectivity index (χ1n) is 10.3. The fourth-order valence-electron chi connectivity index (χ4n) is 3.52. The van der Waals surface area contributed by atoms with Gasteiger partial charge in [0.2, 0.25) is 5.91 Å². The number of carbonyl (C=O) groups excluding carboxylic acids is 1. The van der Waals surface area contributed by atoms with Crippen LogP contribution in [0.25, 0.3) is 5.69 Å². The molecule has 0 spiro atoms. The molecule has 2 heterocycles. The molecule has 6 nitrogen and oxygen atoms in total. The molecule has 32 heavy (non-hydrogen) atoms. The number of nitrogens with zero attached hydrogens (tertiary/aromatic N) is 4. The fraction of sp³-hybridized carbons (Fsp3) is 0.318. The second-order valence-corrected chi connectivity index (χ2v) is 8.83. The van der Waals surface area contributed by atoms with Crippen molar-refractivity contribution in [3.63, 3.8) is 0 Å². The van der Waals surface area contributed by atoms with Crippen molar-refractivity contribution in [2.45, 2.75) is 36.7 Å². The quantitative estimate of drug-likeness (QED) is 0.418. The van der Waals surface area contributed by atoms with Gasteiger partial charge in [0.15, 0.2) is 28.4 Å². The highest BCUT2D eigenvalue weighted by molar-refractivity contribution is 8.00. The van der Waals surface area contributed by atoms with Gasteiger partial charge in [-0.15, -0.1) is 10.2 Å². The van der Waals surface area contributed by atoms with Gasteiger partial charge in [0.25, 0.3) is 0 Å². The van der Waals surface area contributed by atoms with E-state index in [9.17, 15) is 18.0 Å². The van der Waals surface area contributed by atoms with E-state index >= 15 is 0 Å². The molecular formula is C22H22F3N5OS. The number of hydrogen-bond acceptors (Lipinski definition) is 5. The lowest BCUT2D eigenvalue weighted by atomic mass is 10.2. The smallest absolute Gasteiger partial charge is 0.237 e. The zero-order valence-corrected chi connectivity index (χ0v) is 18.2. The summed E-state index contributed by atoms with van der Waals surface area (Å²) in [5.41, 5.74) is 0.453. The summed E-state index contributed by atoms with van der Waals surface area (Å²) in [5.74, 6) is -4.18. The summed E-state index contributed by atoms with van der Waals surface area (Å²) in [7, 11) is 0. The molecule has 1 amide bonds. The van der Waals surface area contributed by atoms with E-state index in [-0.39, 0.29) is 0 Å². The molecule has 4 rings (SSSR count). The van der Waals surface area contributed by atoms with Crippen molar-refractivity contribution < 1.29 is 18.0 Å². The highest BCUT2D eigenvalue weighted by Gasteiger charge is 2.24. The van der Waals surface area contributed by atoms with Crippen LogP contribution in [0.4, 0.5) is 18.9 Å². The van der Waals surface area contributed by atoms with E-state index in [0.717, 1.165) is 61.3 Å². The van der Waals surface area contributed by atoms with Crippen LogP contribution in [0, 0.1) is 17.5 Å². The Balaban J connectivity index is 1.54. The van der Waals surface area contributed by atoms with Crippen molar-refractivity contribution in [1.82, 2.24) is 19.7 Å². The molecule has 1 aliphatic rings. The molecule has 168 valence electrons. The van der Waals surface area contributed by atoms with Gasteiger partial charge in [-0.2, -0.15) is 0 Å². The van der Waals surface area contributed by atoms with Crippen LogP contribution < -0.4 is 5.32 Å². The van der Waals surface area contributed by atoms with Gasteiger partial charge in [0.05, 0.1) is 17.5 Å². The first-order chi connectivity index (χ1) is 15.4. The monoisotopic (exact) mass is 461 g/mol. The van der Waals surface area contributed by atoms with Gasteiger partial charge in [0.1, 0.15) is 0 Å². The summed E-state index contributed by atoms with van der Waals surface area (Å²) in [6.07, 6.45) is 2.30. The number of nitrogens with one attached hydrogen (secondary N) is 1. The minimum absolute atomic E-state index is 0.416. The zero-order valence-electron chi connectivity index (χ0n) is 17.4. The molecule has 1 aliphatic heterocycles. The van der Waals surface area contributed by atoms with Crippen LogP contribution in [0.2, 0.25) is 0 Å². The van der Waals surface area contributed by atoms with Crippen LogP contribution in [-0.2, 0) is 11.3 Å². The molecule has 0 radical (unpaired) electrons. The molecule has 1 N–H and O–H groups in total. The van der Waals surface area contributed by atoms with Crippen LogP contribution in [0.5, 0.6) is 0 Å². The standard InChI is InChI=1S/C22H22F3N5OS/c1-14(21(31)26-17-10-9-16(23)19(24)20(17)25)32-22-28-27-18(13-29-11-5-6-12-29)30(22)15-7-3-2-4-8-15/h2-4,7-10,14H,5-6,11-13H2,1H3,(H,26,31)/t14-/m1/s1. The number of anilines is 1. The Morgan fingerprint density at radius 1 is 1.06 bits per heavy atom. The van der Waals surface area contributed by atoms with E-state index in [0.29, 0.717) is 11.7 Å². The normalized spacial score (nSPS) is 15.1. The minimum atomic E-state index is -1.63. The summed E-state index contributed by atoms with van der Waals surface area (Å²) in [6, 6.07) is 11.3. The van der Waals surface area contributed by atoms with E-state index in [4.69, 9.17) is 0 Å².